The number of carbonyl (C=O) groups excluding carboxylic acids is 1. The highest BCUT2D eigenvalue weighted by atomic mass is 31.1. The van der Waals surface area contributed by atoms with Gasteiger partial charge < -0.3 is 19.7 Å². The molecule has 0 saturated carbocycles. The van der Waals surface area contributed by atoms with Gasteiger partial charge in [0.05, 0.1) is 14.1 Å². The summed E-state index contributed by atoms with van der Waals surface area (Å²) < 4.78 is 14.1. The summed E-state index contributed by atoms with van der Waals surface area (Å²) in [6.07, 6.45) is 3.04. The van der Waals surface area contributed by atoms with Crippen molar-refractivity contribution in [2.75, 3.05) is 27.2 Å². The Morgan fingerprint density at radius 1 is 1.35 bits per heavy atom. The van der Waals surface area contributed by atoms with E-state index in [9.17, 15) is 19.4 Å². The Balaban J connectivity index is 0. The lowest BCUT2D eigenvalue weighted by Gasteiger charge is -2.02. The quantitative estimate of drug-likeness (QED) is 0.426. The largest absolute Gasteiger partial charge is 0.566 e. The normalized spacial score (nSPS) is 10.8. The van der Waals surface area contributed by atoms with E-state index in [1.807, 2.05) is 21.0 Å². The van der Waals surface area contributed by atoms with Crippen LogP contribution in [0.2, 0.25) is 0 Å². The molecule has 0 aliphatic carbocycles. The molecule has 1 atom stereocenters. The van der Waals surface area contributed by atoms with Crippen molar-refractivity contribution in [3.05, 3.63) is 0 Å². The van der Waals surface area contributed by atoms with Crippen LogP contribution in [-0.4, -0.2) is 33.2 Å². The minimum atomic E-state index is -2.64. The topological polar surface area (TPSA) is 93.9 Å². The average molecular weight is 267 g/mol. The fourth-order valence-corrected chi connectivity index (χ4v) is 1.08. The number of likely N-dealkylation sites (N-methyl/N-ethyl adjacent to an activating group) is 1. The average Bonchev–Trinajstić information content (AvgIpc) is 2.17. The Morgan fingerprint density at radius 3 is 2.29 bits per heavy atom. The summed E-state index contributed by atoms with van der Waals surface area (Å²) in [6, 6.07) is 0. The maximum absolute atomic E-state index is 9.79. The minimum Gasteiger partial charge on any atom is -0.566 e. The molecule has 0 aromatic heterocycles. The van der Waals surface area contributed by atoms with E-state index in [0.717, 1.165) is 19.3 Å². The molecule has 0 aromatic rings. The predicted octanol–water partition coefficient (Wildman–Crippen LogP) is -1.52. The minimum absolute atomic E-state index is 0.216. The van der Waals surface area contributed by atoms with Gasteiger partial charge in [0.25, 0.3) is 0 Å². The van der Waals surface area contributed by atoms with Crippen molar-refractivity contribution in [2.24, 2.45) is 0 Å². The molecule has 1 N–H and O–H groups in total. The molecule has 0 spiro atoms. The predicted molar refractivity (Wildman–Crippen MR) is 60.4 cm³/mol. The Morgan fingerprint density at radius 2 is 1.94 bits per heavy atom. The van der Waals surface area contributed by atoms with Gasteiger partial charge in [0.2, 0.25) is 0 Å². The lowest BCUT2D eigenvalue weighted by Crippen LogP contribution is -3.06. The number of carbonyl (C=O) groups is 1. The van der Waals surface area contributed by atoms with E-state index in [4.69, 9.17) is 0 Å². The van der Waals surface area contributed by atoms with Gasteiger partial charge in [-0.25, -0.2) is 0 Å². The molecule has 0 heterocycles. The fraction of sp³-hybridized carbons (Fsp3) is 0.900. The van der Waals surface area contributed by atoms with Crippen molar-refractivity contribution in [3.63, 3.8) is 0 Å². The van der Waals surface area contributed by atoms with Crippen LogP contribution in [0.25, 0.3) is 0 Å². The molecule has 0 aliphatic rings. The van der Waals surface area contributed by atoms with Crippen molar-refractivity contribution < 1.29 is 28.8 Å². The number of hydrogen-bond acceptors (Lipinski definition) is 5. The summed E-state index contributed by atoms with van der Waals surface area (Å²) in [5.74, 6) is -0.932. The highest BCUT2D eigenvalue weighted by Gasteiger charge is 2.01. The molecule has 0 radical (unpaired) electrons. The van der Waals surface area contributed by atoms with Crippen molar-refractivity contribution in [2.45, 2.75) is 32.6 Å². The molecule has 0 saturated heterocycles. The van der Waals surface area contributed by atoms with Gasteiger partial charge in [-0.05, 0) is 17.4 Å². The third-order valence-electron chi connectivity index (χ3n) is 1.78. The van der Waals surface area contributed by atoms with Crippen molar-refractivity contribution >= 4 is 14.2 Å². The van der Waals surface area contributed by atoms with Gasteiger partial charge in [0.15, 0.2) is 6.61 Å². The van der Waals surface area contributed by atoms with Crippen LogP contribution in [0.3, 0.4) is 0 Å². The van der Waals surface area contributed by atoms with Crippen LogP contribution in [0.1, 0.15) is 32.6 Å². The van der Waals surface area contributed by atoms with Crippen LogP contribution in [0.5, 0.6) is 0 Å². The summed E-state index contributed by atoms with van der Waals surface area (Å²) in [4.78, 5) is 20.7. The summed E-state index contributed by atoms with van der Waals surface area (Å²) in [6.45, 7) is 3.03. The fourth-order valence-electron chi connectivity index (χ4n) is 0.844. The number of nitrogens with one attached hydrogen (secondary N) is 1. The number of hydrogen-bond donors (Lipinski definition) is 1. The molecule has 0 aromatic carbocycles. The first-order chi connectivity index (χ1) is 7.90. The summed E-state index contributed by atoms with van der Waals surface area (Å²) in [5.41, 5.74) is 0. The zero-order valence-corrected chi connectivity index (χ0v) is 11.6. The van der Waals surface area contributed by atoms with Crippen LogP contribution < -0.4 is 14.9 Å². The second kappa shape index (κ2) is 13.5. The standard InChI is InChI=1S/C6H12O2.C4H10NO3P/c1-2-3-4-5-6(7)8;1-5(2)3-4-8-9(6)7/h2-5H2,1H3,(H,7,8);3-4H2,1-2H3. The number of aliphatic carboxylic acids is 1. The van der Waals surface area contributed by atoms with E-state index in [2.05, 4.69) is 4.52 Å². The van der Waals surface area contributed by atoms with Crippen LogP contribution >= 0.6 is 8.25 Å². The van der Waals surface area contributed by atoms with Gasteiger partial charge in [-0.1, -0.05) is 19.8 Å². The molecule has 0 rings (SSSR count). The molecule has 17 heavy (non-hydrogen) atoms. The van der Waals surface area contributed by atoms with E-state index >= 15 is 0 Å². The molecule has 102 valence electrons. The Bertz CT molecular complexity index is 211. The maximum atomic E-state index is 9.79. The Kier molecular flexibility index (Phi) is 15.0. The lowest BCUT2D eigenvalue weighted by atomic mass is 10.2. The molecular weight excluding hydrogens is 245 g/mol. The molecule has 0 aliphatic heterocycles. The van der Waals surface area contributed by atoms with Gasteiger partial charge in [-0.3, -0.25) is 0 Å². The number of rotatable bonds is 8. The van der Waals surface area contributed by atoms with Gasteiger partial charge in [0, 0.05) is 5.97 Å². The van der Waals surface area contributed by atoms with Crippen molar-refractivity contribution in [1.29, 1.82) is 0 Å². The summed E-state index contributed by atoms with van der Waals surface area (Å²) in [5, 5.41) is 9.76. The first kappa shape index (κ1) is 18.8. The number of unbranched alkanes of at least 4 members (excludes halogenated alkanes) is 2. The second-order valence-corrected chi connectivity index (χ2v) is 4.55. The molecule has 1 unspecified atom stereocenters. The molecule has 7 heteroatoms. The van der Waals surface area contributed by atoms with Gasteiger partial charge in [0.1, 0.15) is 6.54 Å². The molecular formula is C10H22NO5P. The van der Waals surface area contributed by atoms with Crippen LogP contribution in [0, 0.1) is 0 Å². The van der Waals surface area contributed by atoms with E-state index in [1.165, 1.54) is 4.90 Å². The zero-order chi connectivity index (χ0) is 13.7. The first-order valence-electron chi connectivity index (χ1n) is 5.66. The molecule has 0 bridgehead atoms. The summed E-state index contributed by atoms with van der Waals surface area (Å²) in [7, 11) is 1.22. The van der Waals surface area contributed by atoms with E-state index < -0.39 is 14.2 Å². The third-order valence-corrected chi connectivity index (χ3v) is 2.18. The van der Waals surface area contributed by atoms with E-state index in [-0.39, 0.29) is 13.0 Å². The van der Waals surface area contributed by atoms with Crippen LogP contribution in [-0.2, 0) is 13.9 Å². The highest BCUT2D eigenvalue weighted by molar-refractivity contribution is 7.30. The highest BCUT2D eigenvalue weighted by Crippen LogP contribution is 2.05. The Labute approximate surface area is 104 Å². The van der Waals surface area contributed by atoms with Crippen molar-refractivity contribution in [1.82, 2.24) is 0 Å². The van der Waals surface area contributed by atoms with Crippen LogP contribution in [0.4, 0.5) is 0 Å². The first-order valence-corrected chi connectivity index (χ1v) is 6.75. The molecule has 6 nitrogen and oxygen atoms in total. The van der Waals surface area contributed by atoms with Gasteiger partial charge in [-0.15, -0.1) is 4.52 Å². The maximum Gasteiger partial charge on any atom is 0.488 e. The zero-order valence-electron chi connectivity index (χ0n) is 10.7. The van der Waals surface area contributed by atoms with E-state index in [0.29, 0.717) is 6.54 Å². The van der Waals surface area contributed by atoms with Crippen LogP contribution in [0.15, 0.2) is 0 Å². The van der Waals surface area contributed by atoms with Gasteiger partial charge >= 0.3 is 8.25 Å². The number of carboxylic acids is 1. The lowest BCUT2D eigenvalue weighted by molar-refractivity contribution is -0.858. The van der Waals surface area contributed by atoms with Crippen molar-refractivity contribution in [3.8, 4) is 0 Å². The number of carboxylic acid groups (broad SMARTS) is 1. The smallest absolute Gasteiger partial charge is 0.488 e. The second-order valence-electron chi connectivity index (χ2n) is 3.84. The number of quaternary nitrogens is 1. The van der Waals surface area contributed by atoms with E-state index in [1.54, 1.807) is 0 Å². The molecule has 0 fully saturated rings. The SMILES string of the molecule is CCCCCC(=O)[O-].C[NH+](C)CCO[P+](=O)[O-]. The monoisotopic (exact) mass is 267 g/mol. The summed E-state index contributed by atoms with van der Waals surface area (Å²) >= 11 is 0. The Hall–Kier alpha value is -0.550. The third kappa shape index (κ3) is 25.6. The molecule has 0 amide bonds. The van der Waals surface area contributed by atoms with Gasteiger partial charge in [-0.2, -0.15) is 0 Å².